The Morgan fingerprint density at radius 1 is 1.21 bits per heavy atom. The minimum atomic E-state index is -4.09. The van der Waals surface area contributed by atoms with Gasteiger partial charge in [0.25, 0.3) is 0 Å². The molecule has 0 aromatic heterocycles. The van der Waals surface area contributed by atoms with Crippen LogP contribution in [0.25, 0.3) is 0 Å². The molecule has 0 radical (unpaired) electrons. The average molecular weight is 296 g/mol. The first-order chi connectivity index (χ1) is 8.89. The third-order valence-corrected chi connectivity index (χ3v) is 1.96. The third kappa shape index (κ3) is 14.8. The Balaban J connectivity index is 0. The molecule has 0 aliphatic carbocycles. The fourth-order valence-electron chi connectivity index (χ4n) is 0.835. The van der Waals surface area contributed by atoms with Crippen molar-refractivity contribution in [3.05, 3.63) is 35.9 Å². The lowest BCUT2D eigenvalue weighted by Gasteiger charge is -1.97. The van der Waals surface area contributed by atoms with E-state index in [0.29, 0.717) is 6.42 Å². The summed E-state index contributed by atoms with van der Waals surface area (Å²) in [6, 6.07) is 9.52. The van der Waals surface area contributed by atoms with Crippen LogP contribution in [0, 0.1) is 0 Å². The number of hydrogen-bond acceptors (Lipinski definition) is 3. The summed E-state index contributed by atoms with van der Waals surface area (Å²) in [6.07, 6.45) is -3.74. The predicted octanol–water partition coefficient (Wildman–Crippen LogP) is 3.91. The van der Waals surface area contributed by atoms with E-state index in [1.165, 1.54) is 7.11 Å². The Hall–Kier alpha value is -1.17. The number of hydrogen-bond donors (Lipinski definition) is 1. The fraction of sp³-hybridized carbons (Fsp3) is 0.462. The quantitative estimate of drug-likeness (QED) is 0.661. The van der Waals surface area contributed by atoms with Gasteiger partial charge in [-0.25, -0.2) is 0 Å². The van der Waals surface area contributed by atoms with Crippen molar-refractivity contribution in [1.29, 1.82) is 0 Å². The largest absolute Gasteiger partial charge is 0.469 e. The SMILES string of the molecule is CC.COC(=O)Cc1ccccc1.FC(F)(F)CS. The van der Waals surface area contributed by atoms with Gasteiger partial charge in [0.1, 0.15) is 0 Å². The van der Waals surface area contributed by atoms with Crippen molar-refractivity contribution in [2.75, 3.05) is 12.9 Å². The molecule has 0 spiro atoms. The van der Waals surface area contributed by atoms with Crippen molar-refractivity contribution < 1.29 is 22.7 Å². The van der Waals surface area contributed by atoms with Crippen LogP contribution in [0.3, 0.4) is 0 Å². The zero-order valence-electron chi connectivity index (χ0n) is 11.2. The zero-order chi connectivity index (χ0) is 15.3. The van der Waals surface area contributed by atoms with Gasteiger partial charge in [-0.3, -0.25) is 4.79 Å². The van der Waals surface area contributed by atoms with E-state index in [9.17, 15) is 18.0 Å². The summed E-state index contributed by atoms with van der Waals surface area (Å²) in [7, 11) is 1.39. The van der Waals surface area contributed by atoms with Crippen molar-refractivity contribution in [2.45, 2.75) is 26.4 Å². The molecule has 110 valence electrons. The van der Waals surface area contributed by atoms with Gasteiger partial charge in [0.15, 0.2) is 0 Å². The van der Waals surface area contributed by atoms with Crippen LogP contribution in [-0.2, 0) is 16.0 Å². The van der Waals surface area contributed by atoms with E-state index in [2.05, 4.69) is 17.4 Å². The first-order valence-electron chi connectivity index (χ1n) is 5.67. The molecule has 0 saturated carbocycles. The second kappa shape index (κ2) is 11.9. The molecule has 0 unspecified atom stereocenters. The lowest BCUT2D eigenvalue weighted by Crippen LogP contribution is -2.07. The maximum Gasteiger partial charge on any atom is 0.397 e. The van der Waals surface area contributed by atoms with Gasteiger partial charge < -0.3 is 4.74 Å². The normalized spacial score (nSPS) is 9.42. The Kier molecular flexibility index (Phi) is 12.6. The summed E-state index contributed by atoms with van der Waals surface area (Å²) in [5.41, 5.74) is 0.986. The van der Waals surface area contributed by atoms with Gasteiger partial charge in [-0.15, -0.1) is 0 Å². The van der Waals surface area contributed by atoms with E-state index in [4.69, 9.17) is 0 Å². The number of carbonyl (C=O) groups is 1. The number of ether oxygens (including phenoxy) is 1. The molecule has 2 nitrogen and oxygen atoms in total. The van der Waals surface area contributed by atoms with Crippen molar-refractivity contribution in [3.63, 3.8) is 0 Å². The molecule has 0 bridgehead atoms. The fourth-order valence-corrected chi connectivity index (χ4v) is 0.835. The summed E-state index contributed by atoms with van der Waals surface area (Å²) in [4.78, 5) is 10.8. The minimum absolute atomic E-state index is 0.198. The predicted molar refractivity (Wildman–Crippen MR) is 73.4 cm³/mol. The topological polar surface area (TPSA) is 26.3 Å². The van der Waals surface area contributed by atoms with Crippen molar-refractivity contribution >= 4 is 18.6 Å². The van der Waals surface area contributed by atoms with E-state index < -0.39 is 11.9 Å². The monoisotopic (exact) mass is 296 g/mol. The number of alkyl halides is 3. The van der Waals surface area contributed by atoms with Crippen molar-refractivity contribution in [3.8, 4) is 0 Å². The van der Waals surface area contributed by atoms with E-state index in [1.807, 2.05) is 44.2 Å². The molecule has 1 aromatic carbocycles. The van der Waals surface area contributed by atoms with Gasteiger partial charge in [0.2, 0.25) is 0 Å². The molecular formula is C13H19F3O2S. The highest BCUT2D eigenvalue weighted by molar-refractivity contribution is 7.80. The molecule has 0 atom stereocenters. The van der Waals surface area contributed by atoms with E-state index in [0.717, 1.165) is 5.56 Å². The molecule has 6 heteroatoms. The maximum atomic E-state index is 10.8. The number of esters is 1. The molecule has 19 heavy (non-hydrogen) atoms. The smallest absolute Gasteiger partial charge is 0.397 e. The van der Waals surface area contributed by atoms with Gasteiger partial charge in [-0.05, 0) is 5.56 Å². The highest BCUT2D eigenvalue weighted by atomic mass is 32.1. The molecule has 0 heterocycles. The third-order valence-electron chi connectivity index (χ3n) is 1.60. The van der Waals surface area contributed by atoms with Gasteiger partial charge >= 0.3 is 12.1 Å². The molecule has 0 amide bonds. The van der Waals surface area contributed by atoms with Crippen LogP contribution in [-0.4, -0.2) is 25.0 Å². The van der Waals surface area contributed by atoms with Crippen LogP contribution in [0.15, 0.2) is 30.3 Å². The number of benzene rings is 1. The van der Waals surface area contributed by atoms with Crippen LogP contribution in [0.1, 0.15) is 19.4 Å². The molecule has 0 aliphatic heterocycles. The molecule has 0 N–H and O–H groups in total. The zero-order valence-corrected chi connectivity index (χ0v) is 12.1. The number of halogens is 3. The number of rotatable bonds is 2. The summed E-state index contributed by atoms with van der Waals surface area (Å²) < 4.78 is 36.6. The van der Waals surface area contributed by atoms with Crippen LogP contribution in [0.4, 0.5) is 13.2 Å². The summed E-state index contributed by atoms with van der Waals surface area (Å²) in [6.45, 7) is 4.00. The average Bonchev–Trinajstić information content (AvgIpc) is 2.42. The molecule has 0 aliphatic rings. The standard InChI is InChI=1S/C9H10O2.C2H3F3S.C2H6/c1-11-9(10)7-8-5-3-2-4-6-8;3-2(4,5)1-6;1-2/h2-6H,7H2,1H3;6H,1H2;1-2H3. The van der Waals surface area contributed by atoms with Crippen molar-refractivity contribution in [2.24, 2.45) is 0 Å². The molecule has 0 fully saturated rings. The maximum absolute atomic E-state index is 10.8. The highest BCUT2D eigenvalue weighted by Gasteiger charge is 2.23. The summed E-state index contributed by atoms with van der Waals surface area (Å²) in [5, 5.41) is 0. The Morgan fingerprint density at radius 3 is 1.95 bits per heavy atom. The molecule has 1 aromatic rings. The van der Waals surface area contributed by atoms with Gasteiger partial charge in [0.05, 0.1) is 19.3 Å². The van der Waals surface area contributed by atoms with E-state index in [1.54, 1.807) is 0 Å². The Bertz CT molecular complexity index is 326. The van der Waals surface area contributed by atoms with E-state index >= 15 is 0 Å². The van der Waals surface area contributed by atoms with Gasteiger partial charge in [-0.1, -0.05) is 44.2 Å². The lowest BCUT2D eigenvalue weighted by atomic mass is 10.2. The second-order valence-electron chi connectivity index (χ2n) is 3.01. The number of methoxy groups -OCH3 is 1. The number of carbonyl (C=O) groups excluding carboxylic acids is 1. The second-order valence-corrected chi connectivity index (χ2v) is 3.33. The van der Waals surface area contributed by atoms with Crippen LogP contribution in [0.2, 0.25) is 0 Å². The Labute approximate surface area is 117 Å². The van der Waals surface area contributed by atoms with E-state index in [-0.39, 0.29) is 5.97 Å². The van der Waals surface area contributed by atoms with Crippen molar-refractivity contribution in [1.82, 2.24) is 0 Å². The first kappa shape index (κ1) is 20.2. The number of thiol groups is 1. The molecule has 1 rings (SSSR count). The van der Waals surface area contributed by atoms with Gasteiger partial charge in [-0.2, -0.15) is 25.8 Å². The Morgan fingerprint density at radius 2 is 1.63 bits per heavy atom. The molecular weight excluding hydrogens is 277 g/mol. The van der Waals surface area contributed by atoms with Crippen LogP contribution >= 0.6 is 12.6 Å². The lowest BCUT2D eigenvalue weighted by molar-refractivity contribution is -0.139. The first-order valence-corrected chi connectivity index (χ1v) is 6.30. The molecule has 0 saturated heterocycles. The summed E-state index contributed by atoms with van der Waals surface area (Å²) >= 11 is 2.98. The van der Waals surface area contributed by atoms with Crippen LogP contribution < -0.4 is 0 Å². The van der Waals surface area contributed by atoms with Gasteiger partial charge in [0, 0.05) is 0 Å². The highest BCUT2D eigenvalue weighted by Crippen LogP contribution is 2.14. The summed E-state index contributed by atoms with van der Waals surface area (Å²) in [5.74, 6) is -1.23. The minimum Gasteiger partial charge on any atom is -0.469 e. The van der Waals surface area contributed by atoms with Crippen LogP contribution in [0.5, 0.6) is 0 Å².